The highest BCUT2D eigenvalue weighted by atomic mass is 16.5. The van der Waals surface area contributed by atoms with E-state index in [1.54, 1.807) is 24.2 Å². The van der Waals surface area contributed by atoms with Gasteiger partial charge in [0.15, 0.2) is 0 Å². The first-order valence-electron chi connectivity index (χ1n) is 9.57. The summed E-state index contributed by atoms with van der Waals surface area (Å²) in [6, 6.07) is 19.1. The number of amides is 1. The second-order valence-corrected chi connectivity index (χ2v) is 6.71. The maximum absolute atomic E-state index is 12.8. The van der Waals surface area contributed by atoms with Crippen LogP contribution >= 0.6 is 0 Å². The van der Waals surface area contributed by atoms with Crippen LogP contribution in [0.4, 0.5) is 23.0 Å². The number of hydrogen-bond donors (Lipinski definition) is 1. The van der Waals surface area contributed by atoms with Crippen molar-refractivity contribution in [2.75, 3.05) is 48.5 Å². The fraction of sp³-hybridized carbons (Fsp3) is 0.227. The van der Waals surface area contributed by atoms with Gasteiger partial charge in [-0.05, 0) is 30.3 Å². The van der Waals surface area contributed by atoms with Crippen LogP contribution in [-0.2, 0) is 4.74 Å². The average molecular weight is 389 g/mol. The summed E-state index contributed by atoms with van der Waals surface area (Å²) in [6.45, 7) is 3.08. The van der Waals surface area contributed by atoms with Crippen LogP contribution in [-0.4, -0.2) is 49.2 Å². The molecule has 0 aliphatic carbocycles. The first-order valence-corrected chi connectivity index (χ1v) is 9.57. The SMILES string of the molecule is CN(C(=O)c1ccnc(Nc2ccccc2N2CCOCC2)n1)c1ccccc1. The molecule has 0 atom stereocenters. The van der Waals surface area contributed by atoms with Crippen LogP contribution in [0.2, 0.25) is 0 Å². The van der Waals surface area contributed by atoms with Gasteiger partial charge in [0, 0.05) is 32.0 Å². The van der Waals surface area contributed by atoms with Gasteiger partial charge < -0.3 is 19.9 Å². The van der Waals surface area contributed by atoms with E-state index < -0.39 is 0 Å². The van der Waals surface area contributed by atoms with Crippen molar-refractivity contribution in [3.05, 3.63) is 72.6 Å². The van der Waals surface area contributed by atoms with Crippen molar-refractivity contribution in [1.82, 2.24) is 9.97 Å². The number of nitrogens with zero attached hydrogens (tertiary/aromatic N) is 4. The van der Waals surface area contributed by atoms with E-state index >= 15 is 0 Å². The molecule has 1 saturated heterocycles. The van der Waals surface area contributed by atoms with Gasteiger partial charge in [-0.3, -0.25) is 4.79 Å². The van der Waals surface area contributed by atoms with Crippen LogP contribution in [0.1, 0.15) is 10.5 Å². The Balaban J connectivity index is 1.55. The van der Waals surface area contributed by atoms with Gasteiger partial charge in [-0.15, -0.1) is 0 Å². The Labute approximate surface area is 170 Å². The van der Waals surface area contributed by atoms with E-state index in [-0.39, 0.29) is 5.91 Å². The van der Waals surface area contributed by atoms with Crippen molar-refractivity contribution in [3.8, 4) is 0 Å². The highest BCUT2D eigenvalue weighted by Gasteiger charge is 2.17. The Morgan fingerprint density at radius 3 is 2.55 bits per heavy atom. The number of rotatable bonds is 5. The van der Waals surface area contributed by atoms with Crippen LogP contribution in [0.25, 0.3) is 0 Å². The molecule has 7 nitrogen and oxygen atoms in total. The second-order valence-electron chi connectivity index (χ2n) is 6.71. The summed E-state index contributed by atoms with van der Waals surface area (Å²) in [4.78, 5) is 25.4. The number of anilines is 4. The van der Waals surface area contributed by atoms with Gasteiger partial charge >= 0.3 is 0 Å². The average Bonchev–Trinajstić information content (AvgIpc) is 2.80. The molecule has 2 heterocycles. The zero-order chi connectivity index (χ0) is 20.1. The number of carbonyl (C=O) groups is 1. The predicted molar refractivity (Wildman–Crippen MR) is 114 cm³/mol. The van der Waals surface area contributed by atoms with Crippen LogP contribution < -0.4 is 15.1 Å². The second kappa shape index (κ2) is 8.70. The van der Waals surface area contributed by atoms with Gasteiger partial charge in [-0.25, -0.2) is 9.97 Å². The topological polar surface area (TPSA) is 70.6 Å². The summed E-state index contributed by atoms with van der Waals surface area (Å²) >= 11 is 0. The van der Waals surface area contributed by atoms with Crippen LogP contribution in [0.5, 0.6) is 0 Å². The molecule has 1 N–H and O–H groups in total. The summed E-state index contributed by atoms with van der Waals surface area (Å²) < 4.78 is 5.45. The van der Waals surface area contributed by atoms with Gasteiger partial charge in [-0.1, -0.05) is 30.3 Å². The molecule has 0 saturated carbocycles. The van der Waals surface area contributed by atoms with E-state index in [1.165, 1.54) is 0 Å². The largest absolute Gasteiger partial charge is 0.378 e. The normalized spacial score (nSPS) is 13.8. The molecule has 1 aliphatic heterocycles. The molecule has 1 amide bonds. The lowest BCUT2D eigenvalue weighted by Crippen LogP contribution is -2.36. The quantitative estimate of drug-likeness (QED) is 0.722. The molecule has 3 aromatic rings. The van der Waals surface area contributed by atoms with Crippen LogP contribution in [0.3, 0.4) is 0 Å². The lowest BCUT2D eigenvalue weighted by atomic mass is 10.2. The number of morpholine rings is 1. The number of hydrogen-bond acceptors (Lipinski definition) is 6. The van der Waals surface area contributed by atoms with Gasteiger partial charge in [-0.2, -0.15) is 0 Å². The van der Waals surface area contributed by atoms with Crippen molar-refractivity contribution in [3.63, 3.8) is 0 Å². The molecular formula is C22H23N5O2. The fourth-order valence-corrected chi connectivity index (χ4v) is 3.26. The predicted octanol–water partition coefficient (Wildman–Crippen LogP) is 3.33. The summed E-state index contributed by atoms with van der Waals surface area (Å²) in [6.07, 6.45) is 1.60. The smallest absolute Gasteiger partial charge is 0.276 e. The summed E-state index contributed by atoms with van der Waals surface area (Å²) in [7, 11) is 1.74. The number of nitrogens with one attached hydrogen (secondary N) is 1. The van der Waals surface area contributed by atoms with Crippen molar-refractivity contribution < 1.29 is 9.53 Å². The summed E-state index contributed by atoms with van der Waals surface area (Å²) in [5, 5.41) is 3.27. The number of aromatic nitrogens is 2. The molecule has 7 heteroatoms. The van der Waals surface area contributed by atoms with E-state index in [2.05, 4.69) is 26.3 Å². The van der Waals surface area contributed by atoms with E-state index in [0.717, 1.165) is 30.2 Å². The molecule has 4 rings (SSSR count). The molecule has 1 aromatic heterocycles. The van der Waals surface area contributed by atoms with Gasteiger partial charge in [0.1, 0.15) is 5.69 Å². The molecule has 29 heavy (non-hydrogen) atoms. The number of para-hydroxylation sites is 3. The van der Waals surface area contributed by atoms with Crippen molar-refractivity contribution in [2.45, 2.75) is 0 Å². The zero-order valence-corrected chi connectivity index (χ0v) is 16.3. The third kappa shape index (κ3) is 4.35. The molecule has 148 valence electrons. The Morgan fingerprint density at radius 1 is 1.03 bits per heavy atom. The van der Waals surface area contributed by atoms with Gasteiger partial charge in [0.25, 0.3) is 5.91 Å². The molecule has 0 spiro atoms. The lowest BCUT2D eigenvalue weighted by Gasteiger charge is -2.30. The van der Waals surface area contributed by atoms with E-state index in [9.17, 15) is 4.79 Å². The molecular weight excluding hydrogens is 366 g/mol. The molecule has 2 aromatic carbocycles. The Morgan fingerprint density at radius 2 is 1.76 bits per heavy atom. The maximum Gasteiger partial charge on any atom is 0.276 e. The van der Waals surface area contributed by atoms with E-state index in [1.807, 2.05) is 48.5 Å². The minimum absolute atomic E-state index is 0.192. The standard InChI is InChI=1S/C22H23N5O2/c1-26(17-7-3-2-4-8-17)21(28)19-11-12-23-22(25-19)24-18-9-5-6-10-20(18)27-13-15-29-16-14-27/h2-12H,13-16H2,1H3,(H,23,24,25). The monoisotopic (exact) mass is 389 g/mol. The Bertz CT molecular complexity index is 974. The van der Waals surface area contributed by atoms with Crippen molar-refractivity contribution in [1.29, 1.82) is 0 Å². The number of benzene rings is 2. The third-order valence-electron chi connectivity index (χ3n) is 4.83. The Hall–Kier alpha value is -3.45. The molecule has 1 fully saturated rings. The highest BCUT2D eigenvalue weighted by Crippen LogP contribution is 2.28. The summed E-state index contributed by atoms with van der Waals surface area (Å²) in [5.74, 6) is 0.195. The third-order valence-corrected chi connectivity index (χ3v) is 4.83. The maximum atomic E-state index is 12.8. The number of ether oxygens (including phenoxy) is 1. The first kappa shape index (κ1) is 18.9. The fourth-order valence-electron chi connectivity index (χ4n) is 3.26. The minimum atomic E-state index is -0.192. The van der Waals surface area contributed by atoms with E-state index in [0.29, 0.717) is 24.9 Å². The van der Waals surface area contributed by atoms with Crippen molar-refractivity contribution in [2.24, 2.45) is 0 Å². The van der Waals surface area contributed by atoms with Crippen molar-refractivity contribution >= 4 is 28.9 Å². The first-order chi connectivity index (χ1) is 14.2. The Kier molecular flexibility index (Phi) is 5.67. The van der Waals surface area contributed by atoms with E-state index in [4.69, 9.17) is 4.74 Å². The number of carbonyl (C=O) groups excluding carboxylic acids is 1. The van der Waals surface area contributed by atoms with Crippen LogP contribution in [0, 0.1) is 0 Å². The lowest BCUT2D eigenvalue weighted by molar-refractivity contribution is 0.0988. The van der Waals surface area contributed by atoms with Gasteiger partial charge in [0.2, 0.25) is 5.95 Å². The molecule has 1 aliphatic rings. The molecule has 0 bridgehead atoms. The minimum Gasteiger partial charge on any atom is -0.378 e. The van der Waals surface area contributed by atoms with Gasteiger partial charge in [0.05, 0.1) is 24.6 Å². The zero-order valence-electron chi connectivity index (χ0n) is 16.3. The molecule has 0 unspecified atom stereocenters. The van der Waals surface area contributed by atoms with Crippen LogP contribution in [0.15, 0.2) is 66.9 Å². The highest BCUT2D eigenvalue weighted by molar-refractivity contribution is 6.04. The molecule has 0 radical (unpaired) electrons. The summed E-state index contributed by atoms with van der Waals surface area (Å²) in [5.41, 5.74) is 3.11.